The standard InChI is InChI=1S/C8H11ClN4/c9-7-2-11-5-12-8(7)13-3-6(1-10)4-13/h2,5-6H,1,3-4,10H2. The van der Waals surface area contributed by atoms with Crippen molar-refractivity contribution in [3.63, 3.8) is 0 Å². The van der Waals surface area contributed by atoms with Crippen molar-refractivity contribution in [2.45, 2.75) is 0 Å². The van der Waals surface area contributed by atoms with Crippen LogP contribution >= 0.6 is 11.6 Å². The van der Waals surface area contributed by atoms with Crippen molar-refractivity contribution >= 4 is 17.4 Å². The third kappa shape index (κ3) is 1.59. The normalized spacial score (nSPS) is 17.2. The van der Waals surface area contributed by atoms with Crippen LogP contribution in [-0.4, -0.2) is 29.6 Å². The van der Waals surface area contributed by atoms with Gasteiger partial charge in [0, 0.05) is 19.0 Å². The van der Waals surface area contributed by atoms with Crippen LogP contribution in [-0.2, 0) is 0 Å². The Kier molecular flexibility index (Phi) is 2.33. The van der Waals surface area contributed by atoms with Crippen LogP contribution in [0, 0.1) is 5.92 Å². The Morgan fingerprint density at radius 2 is 2.38 bits per heavy atom. The molecule has 0 aliphatic carbocycles. The van der Waals surface area contributed by atoms with Crippen LogP contribution in [0.4, 0.5) is 5.82 Å². The molecule has 1 aliphatic rings. The van der Waals surface area contributed by atoms with E-state index in [0.717, 1.165) is 25.5 Å². The third-order valence-electron chi connectivity index (χ3n) is 2.24. The van der Waals surface area contributed by atoms with Crippen molar-refractivity contribution in [1.82, 2.24) is 9.97 Å². The molecule has 0 bridgehead atoms. The molecule has 0 unspecified atom stereocenters. The van der Waals surface area contributed by atoms with E-state index in [1.54, 1.807) is 6.20 Å². The lowest BCUT2D eigenvalue weighted by Gasteiger charge is -2.39. The average Bonchev–Trinajstić information content (AvgIpc) is 2.06. The fourth-order valence-corrected chi connectivity index (χ4v) is 1.66. The zero-order valence-corrected chi connectivity index (χ0v) is 7.91. The van der Waals surface area contributed by atoms with Crippen LogP contribution in [0.3, 0.4) is 0 Å². The van der Waals surface area contributed by atoms with E-state index >= 15 is 0 Å². The first-order chi connectivity index (χ1) is 6.31. The zero-order valence-electron chi connectivity index (χ0n) is 7.15. The van der Waals surface area contributed by atoms with Gasteiger partial charge in [0.25, 0.3) is 0 Å². The molecule has 0 aromatic carbocycles. The first kappa shape index (κ1) is 8.72. The minimum Gasteiger partial charge on any atom is -0.354 e. The summed E-state index contributed by atoms with van der Waals surface area (Å²) in [5.41, 5.74) is 5.52. The lowest BCUT2D eigenvalue weighted by atomic mass is 10.0. The predicted molar refractivity (Wildman–Crippen MR) is 51.8 cm³/mol. The molecule has 0 radical (unpaired) electrons. The summed E-state index contributed by atoms with van der Waals surface area (Å²) < 4.78 is 0. The second-order valence-electron chi connectivity index (χ2n) is 3.20. The van der Waals surface area contributed by atoms with Crippen LogP contribution in [0.15, 0.2) is 12.5 Å². The highest BCUT2D eigenvalue weighted by molar-refractivity contribution is 6.32. The second-order valence-corrected chi connectivity index (χ2v) is 3.61. The van der Waals surface area contributed by atoms with Crippen molar-refractivity contribution in [3.05, 3.63) is 17.5 Å². The Bertz CT molecular complexity index is 298. The summed E-state index contributed by atoms with van der Waals surface area (Å²) >= 11 is 5.92. The van der Waals surface area contributed by atoms with Gasteiger partial charge in [0.05, 0.1) is 6.20 Å². The van der Waals surface area contributed by atoms with Gasteiger partial charge in [-0.2, -0.15) is 0 Å². The quantitative estimate of drug-likeness (QED) is 0.753. The topological polar surface area (TPSA) is 55.0 Å². The van der Waals surface area contributed by atoms with Gasteiger partial charge in [-0.1, -0.05) is 11.6 Å². The van der Waals surface area contributed by atoms with Crippen LogP contribution in [0.2, 0.25) is 5.02 Å². The number of nitrogens with two attached hydrogens (primary N) is 1. The fraction of sp³-hybridized carbons (Fsp3) is 0.500. The van der Waals surface area contributed by atoms with Crippen LogP contribution in [0.25, 0.3) is 0 Å². The van der Waals surface area contributed by atoms with Crippen molar-refractivity contribution in [1.29, 1.82) is 0 Å². The summed E-state index contributed by atoms with van der Waals surface area (Å²) in [5, 5.41) is 0.609. The van der Waals surface area contributed by atoms with Gasteiger partial charge in [-0.15, -0.1) is 0 Å². The van der Waals surface area contributed by atoms with E-state index in [1.807, 2.05) is 0 Å². The zero-order chi connectivity index (χ0) is 9.26. The van der Waals surface area contributed by atoms with Gasteiger partial charge in [-0.3, -0.25) is 0 Å². The highest BCUT2D eigenvalue weighted by atomic mass is 35.5. The smallest absolute Gasteiger partial charge is 0.150 e. The van der Waals surface area contributed by atoms with Crippen molar-refractivity contribution in [2.24, 2.45) is 11.7 Å². The second kappa shape index (κ2) is 3.47. The molecule has 2 N–H and O–H groups in total. The molecule has 1 aliphatic heterocycles. The van der Waals surface area contributed by atoms with E-state index in [1.165, 1.54) is 6.33 Å². The Morgan fingerprint density at radius 1 is 1.62 bits per heavy atom. The van der Waals surface area contributed by atoms with Crippen molar-refractivity contribution < 1.29 is 0 Å². The van der Waals surface area contributed by atoms with E-state index in [2.05, 4.69) is 14.9 Å². The molecule has 1 aromatic rings. The van der Waals surface area contributed by atoms with Crippen LogP contribution < -0.4 is 10.6 Å². The molecule has 0 spiro atoms. The summed E-state index contributed by atoms with van der Waals surface area (Å²) in [6.45, 7) is 2.64. The van der Waals surface area contributed by atoms with Gasteiger partial charge in [0.15, 0.2) is 5.82 Å². The minimum absolute atomic E-state index is 0.589. The molecule has 1 fully saturated rings. The number of hydrogen-bond acceptors (Lipinski definition) is 4. The van der Waals surface area contributed by atoms with Gasteiger partial charge in [0.1, 0.15) is 11.3 Å². The number of aromatic nitrogens is 2. The predicted octanol–water partition coefficient (Wildman–Crippen LogP) is 0.525. The monoisotopic (exact) mass is 198 g/mol. The molecule has 5 heteroatoms. The number of rotatable bonds is 2. The number of halogens is 1. The summed E-state index contributed by atoms with van der Waals surface area (Å²) in [6.07, 6.45) is 3.12. The van der Waals surface area contributed by atoms with Gasteiger partial charge in [-0.05, 0) is 6.54 Å². The van der Waals surface area contributed by atoms with E-state index in [4.69, 9.17) is 17.3 Å². The van der Waals surface area contributed by atoms with Crippen LogP contribution in [0.1, 0.15) is 0 Å². The van der Waals surface area contributed by atoms with Gasteiger partial charge < -0.3 is 10.6 Å². The molecule has 2 heterocycles. The molecule has 0 atom stereocenters. The fourth-order valence-electron chi connectivity index (χ4n) is 1.43. The Morgan fingerprint density at radius 3 is 3.00 bits per heavy atom. The molecule has 70 valence electrons. The summed E-state index contributed by atoms with van der Waals surface area (Å²) in [5.74, 6) is 1.41. The first-order valence-corrected chi connectivity index (χ1v) is 4.59. The molecule has 1 saturated heterocycles. The first-order valence-electron chi connectivity index (χ1n) is 4.21. The Labute approximate surface area is 81.7 Å². The minimum atomic E-state index is 0.589. The third-order valence-corrected chi connectivity index (χ3v) is 2.50. The Balaban J connectivity index is 2.07. The van der Waals surface area contributed by atoms with E-state index < -0.39 is 0 Å². The van der Waals surface area contributed by atoms with Gasteiger partial charge >= 0.3 is 0 Å². The maximum Gasteiger partial charge on any atom is 0.150 e. The van der Waals surface area contributed by atoms with E-state index in [-0.39, 0.29) is 0 Å². The lowest BCUT2D eigenvalue weighted by molar-refractivity contribution is 0.417. The molecule has 0 saturated carbocycles. The summed E-state index contributed by atoms with van der Waals surface area (Å²) in [4.78, 5) is 10.1. The van der Waals surface area contributed by atoms with Crippen molar-refractivity contribution in [3.8, 4) is 0 Å². The number of nitrogens with zero attached hydrogens (tertiary/aromatic N) is 3. The molecule has 13 heavy (non-hydrogen) atoms. The summed E-state index contributed by atoms with van der Waals surface area (Å²) in [7, 11) is 0. The summed E-state index contributed by atoms with van der Waals surface area (Å²) in [6, 6.07) is 0. The Hall–Kier alpha value is -0.870. The maximum absolute atomic E-state index is 5.92. The SMILES string of the molecule is NCC1CN(c2ncncc2Cl)C1. The van der Waals surface area contributed by atoms with Gasteiger partial charge in [0.2, 0.25) is 0 Å². The van der Waals surface area contributed by atoms with E-state index in [0.29, 0.717) is 10.9 Å². The van der Waals surface area contributed by atoms with Crippen LogP contribution in [0.5, 0.6) is 0 Å². The molecular formula is C8H11ClN4. The largest absolute Gasteiger partial charge is 0.354 e. The molecule has 0 amide bonds. The molecule has 1 aromatic heterocycles. The molecular weight excluding hydrogens is 188 g/mol. The highest BCUT2D eigenvalue weighted by Gasteiger charge is 2.27. The van der Waals surface area contributed by atoms with Gasteiger partial charge in [-0.25, -0.2) is 9.97 Å². The number of hydrogen-bond donors (Lipinski definition) is 1. The molecule has 4 nitrogen and oxygen atoms in total. The molecule has 2 rings (SSSR count). The van der Waals surface area contributed by atoms with Crippen molar-refractivity contribution in [2.75, 3.05) is 24.5 Å². The maximum atomic E-state index is 5.92. The number of anilines is 1. The lowest BCUT2D eigenvalue weighted by Crippen LogP contribution is -2.50. The highest BCUT2D eigenvalue weighted by Crippen LogP contribution is 2.27. The van der Waals surface area contributed by atoms with E-state index in [9.17, 15) is 0 Å². The average molecular weight is 199 g/mol.